The summed E-state index contributed by atoms with van der Waals surface area (Å²) in [5.74, 6) is 0.188. The monoisotopic (exact) mass is 261 g/mol. The van der Waals surface area contributed by atoms with E-state index in [-0.39, 0.29) is 5.91 Å². The first-order valence-corrected chi connectivity index (χ1v) is 7.01. The normalized spacial score (nSPS) is 16.3. The lowest BCUT2D eigenvalue weighted by Gasteiger charge is -2.29. The summed E-state index contributed by atoms with van der Waals surface area (Å²) in [4.78, 5) is 16.5. The van der Waals surface area contributed by atoms with E-state index in [9.17, 15) is 4.79 Å². The molecule has 0 aliphatic carbocycles. The van der Waals surface area contributed by atoms with Gasteiger partial charge in [-0.25, -0.2) is 0 Å². The van der Waals surface area contributed by atoms with Gasteiger partial charge in [-0.15, -0.1) is 0 Å². The molecule has 0 atom stereocenters. The van der Waals surface area contributed by atoms with Gasteiger partial charge in [-0.05, 0) is 26.0 Å². The summed E-state index contributed by atoms with van der Waals surface area (Å²) in [6.07, 6.45) is 0. The first-order valence-electron chi connectivity index (χ1n) is 7.01. The molecule has 1 aliphatic rings. The minimum atomic E-state index is 0.188. The number of amides is 1. The molecule has 4 heteroatoms. The van der Waals surface area contributed by atoms with Crippen LogP contribution in [0.25, 0.3) is 0 Å². The maximum atomic E-state index is 12.4. The molecule has 0 aromatic heterocycles. The number of nitrogens with zero attached hydrogens (tertiary/aromatic N) is 2. The Hall–Kier alpha value is -1.39. The van der Waals surface area contributed by atoms with Gasteiger partial charge in [-0.3, -0.25) is 9.69 Å². The third-order valence-corrected chi connectivity index (χ3v) is 3.53. The minimum absolute atomic E-state index is 0.188. The summed E-state index contributed by atoms with van der Waals surface area (Å²) in [7, 11) is 0. The van der Waals surface area contributed by atoms with Gasteiger partial charge in [0, 0.05) is 38.4 Å². The van der Waals surface area contributed by atoms with Crippen molar-refractivity contribution in [3.05, 3.63) is 29.8 Å². The van der Waals surface area contributed by atoms with E-state index < -0.39 is 0 Å². The molecule has 104 valence electrons. The highest BCUT2D eigenvalue weighted by atomic mass is 16.2. The number of aryl methyl sites for hydroxylation is 1. The summed E-state index contributed by atoms with van der Waals surface area (Å²) in [5.41, 5.74) is 2.21. The predicted molar refractivity (Wildman–Crippen MR) is 78.5 cm³/mol. The second-order valence-electron chi connectivity index (χ2n) is 5.00. The molecule has 1 amide bonds. The van der Waals surface area contributed by atoms with Crippen molar-refractivity contribution >= 4 is 11.6 Å². The lowest BCUT2D eigenvalue weighted by molar-refractivity contribution is -0.119. The Morgan fingerprint density at radius 3 is 2.47 bits per heavy atom. The van der Waals surface area contributed by atoms with Crippen molar-refractivity contribution < 1.29 is 4.79 Å². The van der Waals surface area contributed by atoms with Crippen LogP contribution in [0.2, 0.25) is 0 Å². The Balaban J connectivity index is 2.00. The van der Waals surface area contributed by atoms with E-state index in [0.29, 0.717) is 13.1 Å². The zero-order valence-corrected chi connectivity index (χ0v) is 11.9. The molecule has 1 N–H and O–H groups in total. The third kappa shape index (κ3) is 3.78. The van der Waals surface area contributed by atoms with Gasteiger partial charge in [0.15, 0.2) is 0 Å². The van der Waals surface area contributed by atoms with Gasteiger partial charge < -0.3 is 10.2 Å². The number of hydrogen-bond acceptors (Lipinski definition) is 3. The predicted octanol–water partition coefficient (Wildman–Crippen LogP) is 1.25. The largest absolute Gasteiger partial charge is 0.314 e. The van der Waals surface area contributed by atoms with E-state index in [1.54, 1.807) is 0 Å². The SMILES string of the molecule is CCN(C(=O)CN1CCNCC1)c1ccc(C)cc1. The minimum Gasteiger partial charge on any atom is -0.314 e. The van der Waals surface area contributed by atoms with Crippen molar-refractivity contribution in [1.29, 1.82) is 0 Å². The molecule has 2 rings (SSSR count). The van der Waals surface area contributed by atoms with E-state index in [1.165, 1.54) is 5.56 Å². The van der Waals surface area contributed by atoms with Gasteiger partial charge in [0.2, 0.25) is 5.91 Å². The van der Waals surface area contributed by atoms with Crippen molar-refractivity contribution in [2.45, 2.75) is 13.8 Å². The van der Waals surface area contributed by atoms with E-state index in [0.717, 1.165) is 31.9 Å². The molecule has 1 aromatic carbocycles. The van der Waals surface area contributed by atoms with Crippen LogP contribution in [0.15, 0.2) is 24.3 Å². The third-order valence-electron chi connectivity index (χ3n) is 3.53. The number of anilines is 1. The van der Waals surface area contributed by atoms with Crippen molar-refractivity contribution in [2.24, 2.45) is 0 Å². The molecule has 1 heterocycles. The quantitative estimate of drug-likeness (QED) is 0.886. The van der Waals surface area contributed by atoms with Crippen LogP contribution in [-0.4, -0.2) is 50.1 Å². The number of likely N-dealkylation sites (N-methyl/N-ethyl adjacent to an activating group) is 1. The van der Waals surface area contributed by atoms with Crippen molar-refractivity contribution in [2.75, 3.05) is 44.2 Å². The average Bonchev–Trinajstić information content (AvgIpc) is 2.43. The van der Waals surface area contributed by atoms with E-state index >= 15 is 0 Å². The van der Waals surface area contributed by atoms with Crippen LogP contribution in [0.5, 0.6) is 0 Å². The summed E-state index contributed by atoms with van der Waals surface area (Å²) < 4.78 is 0. The summed E-state index contributed by atoms with van der Waals surface area (Å²) in [6, 6.07) is 8.15. The number of hydrogen-bond donors (Lipinski definition) is 1. The Morgan fingerprint density at radius 1 is 1.26 bits per heavy atom. The fraction of sp³-hybridized carbons (Fsp3) is 0.533. The average molecular weight is 261 g/mol. The molecule has 0 unspecified atom stereocenters. The van der Waals surface area contributed by atoms with Crippen molar-refractivity contribution in [1.82, 2.24) is 10.2 Å². The molecule has 0 spiro atoms. The molecular weight excluding hydrogens is 238 g/mol. The summed E-state index contributed by atoms with van der Waals surface area (Å²) >= 11 is 0. The topological polar surface area (TPSA) is 35.6 Å². The van der Waals surface area contributed by atoms with Gasteiger partial charge in [-0.1, -0.05) is 17.7 Å². The highest BCUT2D eigenvalue weighted by Gasteiger charge is 2.18. The number of rotatable bonds is 4. The lowest BCUT2D eigenvalue weighted by atomic mass is 10.2. The molecule has 1 aromatic rings. The number of piperazine rings is 1. The van der Waals surface area contributed by atoms with Crippen LogP contribution in [0.1, 0.15) is 12.5 Å². The first kappa shape index (κ1) is 14.0. The zero-order chi connectivity index (χ0) is 13.7. The van der Waals surface area contributed by atoms with Crippen LogP contribution in [0, 0.1) is 6.92 Å². The molecule has 0 bridgehead atoms. The highest BCUT2D eigenvalue weighted by Crippen LogP contribution is 2.15. The van der Waals surface area contributed by atoms with Crippen molar-refractivity contribution in [3.63, 3.8) is 0 Å². The fourth-order valence-electron chi connectivity index (χ4n) is 2.37. The van der Waals surface area contributed by atoms with Crippen LogP contribution in [0.4, 0.5) is 5.69 Å². The van der Waals surface area contributed by atoms with Gasteiger partial charge in [0.05, 0.1) is 6.54 Å². The second kappa shape index (κ2) is 6.68. The molecule has 1 saturated heterocycles. The second-order valence-corrected chi connectivity index (χ2v) is 5.00. The molecule has 1 fully saturated rings. The van der Waals surface area contributed by atoms with Gasteiger partial charge in [0.1, 0.15) is 0 Å². The molecule has 19 heavy (non-hydrogen) atoms. The van der Waals surface area contributed by atoms with Crippen LogP contribution < -0.4 is 10.2 Å². The maximum absolute atomic E-state index is 12.4. The zero-order valence-electron chi connectivity index (χ0n) is 11.9. The van der Waals surface area contributed by atoms with E-state index in [1.807, 2.05) is 24.0 Å². The van der Waals surface area contributed by atoms with E-state index in [4.69, 9.17) is 0 Å². The number of carbonyl (C=O) groups is 1. The summed E-state index contributed by atoms with van der Waals surface area (Å²) in [6.45, 7) is 9.18. The Kier molecular flexibility index (Phi) is 4.93. The number of benzene rings is 1. The standard InChI is InChI=1S/C15H23N3O/c1-3-18(14-6-4-13(2)5-7-14)15(19)12-17-10-8-16-9-11-17/h4-7,16H,3,8-12H2,1-2H3. The number of carbonyl (C=O) groups excluding carboxylic acids is 1. The summed E-state index contributed by atoms with van der Waals surface area (Å²) in [5, 5.41) is 3.30. The van der Waals surface area contributed by atoms with Crippen LogP contribution in [0.3, 0.4) is 0 Å². The molecular formula is C15H23N3O. The number of nitrogens with one attached hydrogen (secondary N) is 1. The van der Waals surface area contributed by atoms with Crippen LogP contribution >= 0.6 is 0 Å². The van der Waals surface area contributed by atoms with Crippen molar-refractivity contribution in [3.8, 4) is 0 Å². The fourth-order valence-corrected chi connectivity index (χ4v) is 2.37. The van der Waals surface area contributed by atoms with Crippen LogP contribution in [-0.2, 0) is 4.79 Å². The van der Waals surface area contributed by atoms with Gasteiger partial charge >= 0.3 is 0 Å². The molecule has 0 radical (unpaired) electrons. The van der Waals surface area contributed by atoms with Gasteiger partial charge in [0.25, 0.3) is 0 Å². The Bertz CT molecular complexity index is 410. The highest BCUT2D eigenvalue weighted by molar-refractivity contribution is 5.94. The first-order chi connectivity index (χ1) is 9.20. The smallest absolute Gasteiger partial charge is 0.241 e. The molecule has 4 nitrogen and oxygen atoms in total. The molecule has 1 aliphatic heterocycles. The van der Waals surface area contributed by atoms with E-state index in [2.05, 4.69) is 29.3 Å². The lowest BCUT2D eigenvalue weighted by Crippen LogP contribution is -2.48. The maximum Gasteiger partial charge on any atom is 0.241 e. The Labute approximate surface area is 115 Å². The molecule has 0 saturated carbocycles. The Morgan fingerprint density at radius 2 is 1.89 bits per heavy atom. The van der Waals surface area contributed by atoms with Gasteiger partial charge in [-0.2, -0.15) is 0 Å².